The zero-order chi connectivity index (χ0) is 18.8. The minimum atomic E-state index is -0.442. The third-order valence-corrected chi connectivity index (χ3v) is 5.19. The number of furan rings is 1. The number of nitrogens with zero attached hydrogens (tertiary/aromatic N) is 1. The molecule has 1 fully saturated rings. The molecule has 134 valence electrons. The van der Waals surface area contributed by atoms with Crippen LogP contribution in [0.2, 0.25) is 0 Å². The summed E-state index contributed by atoms with van der Waals surface area (Å²) in [6.45, 7) is 0. The van der Waals surface area contributed by atoms with Gasteiger partial charge in [-0.1, -0.05) is 40.2 Å². The Morgan fingerprint density at radius 1 is 1.07 bits per heavy atom. The van der Waals surface area contributed by atoms with E-state index in [1.807, 2.05) is 30.3 Å². The van der Waals surface area contributed by atoms with Crippen LogP contribution in [0.25, 0.3) is 17.4 Å². The smallest absolute Gasteiger partial charge is 0.264 e. The van der Waals surface area contributed by atoms with Crippen molar-refractivity contribution in [2.24, 2.45) is 4.99 Å². The van der Waals surface area contributed by atoms with Crippen molar-refractivity contribution in [3.8, 4) is 11.3 Å². The molecular formula is C20H12BrFN2O2S. The van der Waals surface area contributed by atoms with E-state index >= 15 is 0 Å². The summed E-state index contributed by atoms with van der Waals surface area (Å²) in [5, 5.41) is 2.97. The van der Waals surface area contributed by atoms with Gasteiger partial charge in [-0.05, 0) is 48.2 Å². The predicted octanol–water partition coefficient (Wildman–Crippen LogP) is 5.74. The van der Waals surface area contributed by atoms with E-state index in [1.54, 1.807) is 30.3 Å². The van der Waals surface area contributed by atoms with Crippen LogP contribution in [-0.4, -0.2) is 11.1 Å². The molecule has 0 aliphatic carbocycles. The van der Waals surface area contributed by atoms with Crippen molar-refractivity contribution in [2.75, 3.05) is 0 Å². The molecule has 2 aromatic carbocycles. The summed E-state index contributed by atoms with van der Waals surface area (Å²) in [6, 6.07) is 17.5. The monoisotopic (exact) mass is 442 g/mol. The van der Waals surface area contributed by atoms with Gasteiger partial charge in [-0.2, -0.15) is 0 Å². The van der Waals surface area contributed by atoms with Crippen molar-refractivity contribution in [3.63, 3.8) is 0 Å². The molecule has 2 heterocycles. The molecule has 4 rings (SSSR count). The lowest BCUT2D eigenvalue weighted by Gasteiger charge is -1.97. The van der Waals surface area contributed by atoms with Crippen LogP contribution in [0.4, 0.5) is 10.1 Å². The van der Waals surface area contributed by atoms with Crippen molar-refractivity contribution in [2.45, 2.75) is 0 Å². The third kappa shape index (κ3) is 4.04. The van der Waals surface area contributed by atoms with Crippen molar-refractivity contribution in [1.82, 2.24) is 5.32 Å². The van der Waals surface area contributed by atoms with Gasteiger partial charge in [0.2, 0.25) is 0 Å². The van der Waals surface area contributed by atoms with Gasteiger partial charge in [0, 0.05) is 16.1 Å². The molecule has 1 aliphatic heterocycles. The quantitative estimate of drug-likeness (QED) is 0.526. The highest BCUT2D eigenvalue weighted by molar-refractivity contribution is 9.10. The Labute approximate surface area is 167 Å². The SMILES string of the molecule is O=C1NC(=Nc2ccccc2F)S/C1=C\c1ccc(-c2ccc(Br)cc2)o1. The molecule has 3 aromatic rings. The molecule has 1 aliphatic rings. The van der Waals surface area contributed by atoms with E-state index < -0.39 is 5.82 Å². The number of carbonyl (C=O) groups is 1. The number of hydrogen-bond acceptors (Lipinski definition) is 4. The Balaban J connectivity index is 1.55. The normalized spacial score (nSPS) is 16.9. The first-order valence-electron chi connectivity index (χ1n) is 7.98. The fourth-order valence-corrected chi connectivity index (χ4v) is 3.54. The molecule has 0 bridgehead atoms. The Kier molecular flexibility index (Phi) is 4.96. The Bertz CT molecular complexity index is 1070. The molecule has 4 nitrogen and oxygen atoms in total. The molecule has 0 atom stereocenters. The minimum Gasteiger partial charge on any atom is -0.457 e. The van der Waals surface area contributed by atoms with Crippen molar-refractivity contribution in [1.29, 1.82) is 0 Å². The number of benzene rings is 2. The van der Waals surface area contributed by atoms with E-state index in [0.29, 0.717) is 21.6 Å². The highest BCUT2D eigenvalue weighted by atomic mass is 79.9. The van der Waals surface area contributed by atoms with E-state index in [2.05, 4.69) is 26.2 Å². The lowest BCUT2D eigenvalue weighted by molar-refractivity contribution is -0.115. The lowest BCUT2D eigenvalue weighted by atomic mass is 10.2. The molecule has 1 aromatic heterocycles. The van der Waals surface area contributed by atoms with Crippen LogP contribution in [0, 0.1) is 5.82 Å². The molecule has 0 unspecified atom stereocenters. The fourth-order valence-electron chi connectivity index (χ4n) is 2.46. The van der Waals surface area contributed by atoms with Gasteiger partial charge in [-0.3, -0.25) is 4.79 Å². The van der Waals surface area contributed by atoms with E-state index in [4.69, 9.17) is 4.42 Å². The molecule has 1 N–H and O–H groups in total. The van der Waals surface area contributed by atoms with Gasteiger partial charge < -0.3 is 9.73 Å². The van der Waals surface area contributed by atoms with E-state index in [-0.39, 0.29) is 11.6 Å². The molecule has 0 saturated carbocycles. The van der Waals surface area contributed by atoms with E-state index in [1.165, 1.54) is 6.07 Å². The van der Waals surface area contributed by atoms with Crippen molar-refractivity contribution < 1.29 is 13.6 Å². The van der Waals surface area contributed by atoms with Gasteiger partial charge in [-0.15, -0.1) is 0 Å². The second-order valence-electron chi connectivity index (χ2n) is 5.64. The molecule has 1 amide bonds. The number of hydrogen-bond donors (Lipinski definition) is 1. The first kappa shape index (κ1) is 17.8. The highest BCUT2D eigenvalue weighted by Gasteiger charge is 2.24. The highest BCUT2D eigenvalue weighted by Crippen LogP contribution is 2.30. The fraction of sp³-hybridized carbons (Fsp3) is 0. The second-order valence-corrected chi connectivity index (χ2v) is 7.59. The zero-order valence-corrected chi connectivity index (χ0v) is 16.2. The van der Waals surface area contributed by atoms with Gasteiger partial charge in [0.05, 0.1) is 4.91 Å². The minimum absolute atomic E-state index is 0.178. The number of aliphatic imine (C=N–C) groups is 1. The number of amidine groups is 1. The number of carbonyl (C=O) groups excluding carboxylic acids is 1. The maximum Gasteiger partial charge on any atom is 0.264 e. The number of amides is 1. The zero-order valence-electron chi connectivity index (χ0n) is 13.8. The van der Waals surface area contributed by atoms with Gasteiger partial charge in [0.15, 0.2) is 5.17 Å². The van der Waals surface area contributed by atoms with Gasteiger partial charge >= 0.3 is 0 Å². The molecule has 27 heavy (non-hydrogen) atoms. The maximum absolute atomic E-state index is 13.7. The van der Waals surface area contributed by atoms with Crippen LogP contribution in [-0.2, 0) is 4.79 Å². The Hall–Kier alpha value is -2.64. The van der Waals surface area contributed by atoms with Crippen LogP contribution in [0.1, 0.15) is 5.76 Å². The summed E-state index contributed by atoms with van der Waals surface area (Å²) in [4.78, 5) is 16.7. The average Bonchev–Trinajstić information content (AvgIpc) is 3.25. The lowest BCUT2D eigenvalue weighted by Crippen LogP contribution is -2.19. The van der Waals surface area contributed by atoms with Crippen LogP contribution in [0.15, 0.2) is 79.5 Å². The Morgan fingerprint density at radius 2 is 1.85 bits per heavy atom. The predicted molar refractivity (Wildman–Crippen MR) is 109 cm³/mol. The Morgan fingerprint density at radius 3 is 2.63 bits per heavy atom. The van der Waals surface area contributed by atoms with Crippen LogP contribution >= 0.6 is 27.7 Å². The van der Waals surface area contributed by atoms with Crippen LogP contribution < -0.4 is 5.32 Å². The third-order valence-electron chi connectivity index (χ3n) is 3.75. The summed E-state index contributed by atoms with van der Waals surface area (Å²) < 4.78 is 20.5. The van der Waals surface area contributed by atoms with E-state index in [9.17, 15) is 9.18 Å². The standard InChI is InChI=1S/C20H12BrFN2O2S/c21-13-7-5-12(6-8-13)17-10-9-14(26-17)11-18-19(25)24-20(27-18)23-16-4-2-1-3-15(16)22/h1-11H,(H,23,24,25)/b18-11-. The number of nitrogens with one attached hydrogen (secondary N) is 1. The van der Waals surface area contributed by atoms with Gasteiger partial charge in [0.25, 0.3) is 5.91 Å². The van der Waals surface area contributed by atoms with Crippen molar-refractivity contribution >= 4 is 50.5 Å². The largest absolute Gasteiger partial charge is 0.457 e. The van der Waals surface area contributed by atoms with Crippen molar-refractivity contribution in [3.05, 3.63) is 81.6 Å². The van der Waals surface area contributed by atoms with Crippen LogP contribution in [0.5, 0.6) is 0 Å². The topological polar surface area (TPSA) is 54.6 Å². The summed E-state index contributed by atoms with van der Waals surface area (Å²) in [5.74, 6) is 0.523. The summed E-state index contributed by atoms with van der Waals surface area (Å²) in [7, 11) is 0. The molecule has 0 spiro atoms. The summed E-state index contributed by atoms with van der Waals surface area (Å²) in [6.07, 6.45) is 1.65. The maximum atomic E-state index is 13.7. The molecule has 7 heteroatoms. The number of para-hydroxylation sites is 1. The number of rotatable bonds is 3. The molecule has 0 radical (unpaired) electrons. The number of thioether (sulfide) groups is 1. The summed E-state index contributed by atoms with van der Waals surface area (Å²) in [5.41, 5.74) is 1.12. The number of halogens is 2. The van der Waals surface area contributed by atoms with Gasteiger partial charge in [0.1, 0.15) is 23.0 Å². The molecule has 1 saturated heterocycles. The first-order valence-corrected chi connectivity index (χ1v) is 9.59. The van der Waals surface area contributed by atoms with E-state index in [0.717, 1.165) is 21.8 Å². The summed E-state index contributed by atoms with van der Waals surface area (Å²) >= 11 is 4.54. The van der Waals surface area contributed by atoms with Crippen LogP contribution in [0.3, 0.4) is 0 Å². The second kappa shape index (κ2) is 7.54. The van der Waals surface area contributed by atoms with Gasteiger partial charge in [-0.25, -0.2) is 9.38 Å². The first-order chi connectivity index (χ1) is 13.1. The average molecular weight is 443 g/mol. The molecular weight excluding hydrogens is 431 g/mol.